The van der Waals surface area contributed by atoms with E-state index in [1.54, 1.807) is 7.11 Å². The first-order valence-corrected chi connectivity index (χ1v) is 8.00. The molecule has 0 bridgehead atoms. The van der Waals surface area contributed by atoms with Crippen molar-refractivity contribution in [1.29, 1.82) is 0 Å². The molecule has 2 fully saturated rings. The van der Waals surface area contributed by atoms with Crippen LogP contribution in [0.3, 0.4) is 0 Å². The molecule has 0 aromatic heterocycles. The molecule has 5 heteroatoms. The summed E-state index contributed by atoms with van der Waals surface area (Å²) in [6.45, 7) is 5.80. The van der Waals surface area contributed by atoms with Crippen LogP contribution >= 0.6 is 0 Å². The number of allylic oxidation sites excluding steroid dienone is 1. The van der Waals surface area contributed by atoms with E-state index < -0.39 is 0 Å². The summed E-state index contributed by atoms with van der Waals surface area (Å²) in [6, 6.07) is 0.586. The van der Waals surface area contributed by atoms with Gasteiger partial charge >= 0.3 is 0 Å². The highest BCUT2D eigenvalue weighted by molar-refractivity contribution is 5.83. The number of carbonyl (C=O) groups excluding carboxylic acids is 1. The van der Waals surface area contributed by atoms with E-state index in [1.165, 1.54) is 0 Å². The first-order chi connectivity index (χ1) is 10.2. The van der Waals surface area contributed by atoms with Crippen molar-refractivity contribution >= 4 is 5.91 Å². The number of hydrogen-bond donors (Lipinski definition) is 0. The van der Waals surface area contributed by atoms with Gasteiger partial charge in [-0.05, 0) is 32.4 Å². The summed E-state index contributed by atoms with van der Waals surface area (Å²) < 4.78 is 10.4. The number of ether oxygens (including phenoxy) is 2. The molecular weight excluding hydrogens is 268 g/mol. The topological polar surface area (TPSA) is 42.0 Å². The van der Waals surface area contributed by atoms with Crippen molar-refractivity contribution in [2.75, 3.05) is 53.1 Å². The maximum atomic E-state index is 13.0. The number of methoxy groups -OCH3 is 1. The smallest absolute Gasteiger partial charge is 0.229 e. The largest absolute Gasteiger partial charge is 0.383 e. The van der Waals surface area contributed by atoms with Gasteiger partial charge in [-0.1, -0.05) is 12.2 Å². The molecule has 5 nitrogen and oxygen atoms in total. The van der Waals surface area contributed by atoms with Crippen molar-refractivity contribution in [2.45, 2.75) is 25.3 Å². The van der Waals surface area contributed by atoms with Crippen LogP contribution in [0.2, 0.25) is 0 Å². The Bertz CT molecular complexity index is 398. The van der Waals surface area contributed by atoms with E-state index in [-0.39, 0.29) is 5.41 Å². The molecule has 0 atom stereocenters. The second-order valence-corrected chi connectivity index (χ2v) is 6.43. The van der Waals surface area contributed by atoms with Crippen molar-refractivity contribution in [3.8, 4) is 0 Å². The minimum absolute atomic E-state index is 0.179. The average molecular weight is 294 g/mol. The first kappa shape index (κ1) is 15.0. The number of nitrogens with zero attached hydrogens (tertiary/aromatic N) is 2. The maximum absolute atomic E-state index is 13.0. The highest BCUT2D eigenvalue weighted by Gasteiger charge is 2.44. The van der Waals surface area contributed by atoms with Gasteiger partial charge in [-0.3, -0.25) is 9.69 Å². The normalized spacial score (nSPS) is 26.9. The van der Waals surface area contributed by atoms with Crippen LogP contribution in [0, 0.1) is 5.41 Å². The van der Waals surface area contributed by atoms with Gasteiger partial charge in [0.2, 0.25) is 5.91 Å². The molecule has 1 spiro atoms. The molecule has 0 aromatic rings. The van der Waals surface area contributed by atoms with Gasteiger partial charge in [0, 0.05) is 20.2 Å². The van der Waals surface area contributed by atoms with Gasteiger partial charge in [0.1, 0.15) is 0 Å². The molecule has 0 radical (unpaired) electrons. The molecule has 118 valence electrons. The maximum Gasteiger partial charge on any atom is 0.229 e. The molecule has 3 aliphatic heterocycles. The molecule has 2 saturated heterocycles. The third-order valence-corrected chi connectivity index (χ3v) is 5.20. The zero-order valence-electron chi connectivity index (χ0n) is 12.9. The summed E-state index contributed by atoms with van der Waals surface area (Å²) in [4.78, 5) is 17.4. The molecule has 0 N–H and O–H groups in total. The third kappa shape index (κ3) is 3.00. The quantitative estimate of drug-likeness (QED) is 0.723. The Hall–Kier alpha value is -0.910. The predicted octanol–water partition coefficient (Wildman–Crippen LogP) is 0.902. The minimum atomic E-state index is -0.179. The Labute approximate surface area is 126 Å². The number of piperidine rings is 1. The Morgan fingerprint density at radius 1 is 1.33 bits per heavy atom. The van der Waals surface area contributed by atoms with Crippen LogP contribution in [0.25, 0.3) is 0 Å². The summed E-state index contributed by atoms with van der Waals surface area (Å²) in [6.07, 6.45) is 7.16. The molecule has 0 aromatic carbocycles. The summed E-state index contributed by atoms with van der Waals surface area (Å²) in [5.74, 6) is 0.328. The summed E-state index contributed by atoms with van der Waals surface area (Å²) in [7, 11) is 1.69. The number of rotatable bonds is 4. The second-order valence-electron chi connectivity index (χ2n) is 6.43. The lowest BCUT2D eigenvalue weighted by atomic mass is 9.74. The zero-order valence-corrected chi connectivity index (χ0v) is 12.9. The highest BCUT2D eigenvalue weighted by atomic mass is 16.5. The average Bonchev–Trinajstić information content (AvgIpc) is 2.59. The van der Waals surface area contributed by atoms with E-state index in [0.717, 1.165) is 52.1 Å². The Morgan fingerprint density at radius 2 is 2.10 bits per heavy atom. The number of carbonyl (C=O) groups is 1. The predicted molar refractivity (Wildman–Crippen MR) is 80.1 cm³/mol. The van der Waals surface area contributed by atoms with Crippen molar-refractivity contribution < 1.29 is 14.3 Å². The monoisotopic (exact) mass is 294 g/mol. The molecule has 3 heterocycles. The number of likely N-dealkylation sites (tertiary alicyclic amines) is 1. The Kier molecular flexibility index (Phi) is 4.62. The van der Waals surface area contributed by atoms with Crippen molar-refractivity contribution in [3.05, 3.63) is 12.2 Å². The first-order valence-electron chi connectivity index (χ1n) is 8.00. The van der Waals surface area contributed by atoms with Gasteiger partial charge in [0.15, 0.2) is 0 Å². The van der Waals surface area contributed by atoms with E-state index in [1.807, 2.05) is 4.90 Å². The van der Waals surface area contributed by atoms with Gasteiger partial charge in [0.05, 0.1) is 31.3 Å². The van der Waals surface area contributed by atoms with Gasteiger partial charge in [-0.15, -0.1) is 0 Å². The van der Waals surface area contributed by atoms with Crippen LogP contribution in [-0.2, 0) is 14.3 Å². The van der Waals surface area contributed by atoms with E-state index in [0.29, 0.717) is 25.1 Å². The van der Waals surface area contributed by atoms with Gasteiger partial charge in [-0.2, -0.15) is 0 Å². The summed E-state index contributed by atoms with van der Waals surface area (Å²) in [5.41, 5.74) is -0.179. The highest BCUT2D eigenvalue weighted by Crippen LogP contribution is 2.39. The van der Waals surface area contributed by atoms with Crippen LogP contribution in [0.5, 0.6) is 0 Å². The summed E-state index contributed by atoms with van der Waals surface area (Å²) >= 11 is 0. The Morgan fingerprint density at radius 3 is 2.71 bits per heavy atom. The lowest BCUT2D eigenvalue weighted by Crippen LogP contribution is -2.56. The number of hydrogen-bond acceptors (Lipinski definition) is 4. The molecule has 0 unspecified atom stereocenters. The van der Waals surface area contributed by atoms with Crippen LogP contribution in [-0.4, -0.2) is 74.9 Å². The minimum Gasteiger partial charge on any atom is -0.383 e. The summed E-state index contributed by atoms with van der Waals surface area (Å²) in [5, 5.41) is 0. The lowest BCUT2D eigenvalue weighted by Gasteiger charge is -2.46. The SMILES string of the molecule is COCCN1CC=CCC2(CCN(C3COC3)CC2)C1=O. The molecule has 0 aliphatic carbocycles. The van der Waals surface area contributed by atoms with E-state index in [2.05, 4.69) is 17.1 Å². The molecule has 3 rings (SSSR count). The fourth-order valence-corrected chi connectivity index (χ4v) is 3.58. The van der Waals surface area contributed by atoms with Crippen LogP contribution in [0.15, 0.2) is 12.2 Å². The molecule has 1 amide bonds. The molecular formula is C16H26N2O3. The standard InChI is InChI=1S/C16H26N2O3/c1-20-11-10-18-7-3-2-4-16(15(18)19)5-8-17(9-6-16)14-12-21-13-14/h2-3,14H,4-13H2,1H3. The lowest BCUT2D eigenvalue weighted by molar-refractivity contribution is -0.147. The Balaban J connectivity index is 1.64. The van der Waals surface area contributed by atoms with E-state index >= 15 is 0 Å². The molecule has 3 aliphatic rings. The molecule has 21 heavy (non-hydrogen) atoms. The van der Waals surface area contributed by atoms with Crippen molar-refractivity contribution in [3.63, 3.8) is 0 Å². The van der Waals surface area contributed by atoms with Crippen LogP contribution < -0.4 is 0 Å². The van der Waals surface area contributed by atoms with E-state index in [9.17, 15) is 4.79 Å². The number of amides is 1. The van der Waals surface area contributed by atoms with Gasteiger partial charge in [0.25, 0.3) is 0 Å². The van der Waals surface area contributed by atoms with Crippen LogP contribution in [0.4, 0.5) is 0 Å². The van der Waals surface area contributed by atoms with Gasteiger partial charge in [-0.25, -0.2) is 0 Å². The van der Waals surface area contributed by atoms with Crippen molar-refractivity contribution in [2.24, 2.45) is 5.41 Å². The van der Waals surface area contributed by atoms with E-state index in [4.69, 9.17) is 9.47 Å². The molecule has 0 saturated carbocycles. The second kappa shape index (κ2) is 6.46. The fourth-order valence-electron chi connectivity index (χ4n) is 3.58. The van der Waals surface area contributed by atoms with Crippen molar-refractivity contribution in [1.82, 2.24) is 9.80 Å². The zero-order chi connectivity index (χ0) is 14.7. The fraction of sp³-hybridized carbons (Fsp3) is 0.812. The van der Waals surface area contributed by atoms with Crippen LogP contribution in [0.1, 0.15) is 19.3 Å². The third-order valence-electron chi connectivity index (χ3n) is 5.20. The van der Waals surface area contributed by atoms with Gasteiger partial charge < -0.3 is 14.4 Å².